The lowest BCUT2D eigenvalue weighted by atomic mass is 10.2. The molecule has 100 valence electrons. The Morgan fingerprint density at radius 2 is 1.94 bits per heavy atom. The van der Waals surface area contributed by atoms with Gasteiger partial charge in [0.25, 0.3) is 0 Å². The normalized spacial score (nSPS) is 13.9. The number of carbonyl (C=O) groups is 1. The van der Waals surface area contributed by atoms with E-state index < -0.39 is 0 Å². The van der Waals surface area contributed by atoms with Crippen LogP contribution in [0.15, 0.2) is 30.3 Å². The van der Waals surface area contributed by atoms with Crippen molar-refractivity contribution >= 4 is 17.7 Å². The van der Waals surface area contributed by atoms with E-state index in [1.54, 1.807) is 11.8 Å². The molecule has 0 aliphatic rings. The summed E-state index contributed by atoms with van der Waals surface area (Å²) in [6, 6.07) is 10.5. The van der Waals surface area contributed by atoms with Gasteiger partial charge in [0.05, 0.1) is 5.25 Å². The minimum absolute atomic E-state index is 0.00418. The maximum absolute atomic E-state index is 11.9. The molecule has 2 atom stereocenters. The highest BCUT2D eigenvalue weighted by Gasteiger charge is 2.15. The largest absolute Gasteiger partial charge is 0.353 e. The molecule has 18 heavy (non-hydrogen) atoms. The molecule has 2 nitrogen and oxygen atoms in total. The summed E-state index contributed by atoms with van der Waals surface area (Å²) < 4.78 is 0. The number of rotatable bonds is 7. The van der Waals surface area contributed by atoms with E-state index in [4.69, 9.17) is 0 Å². The van der Waals surface area contributed by atoms with Crippen LogP contribution < -0.4 is 5.32 Å². The molecule has 0 bridgehead atoms. The molecule has 1 aromatic carbocycles. The second-order valence-electron chi connectivity index (χ2n) is 4.64. The minimum Gasteiger partial charge on any atom is -0.353 e. The van der Waals surface area contributed by atoms with E-state index >= 15 is 0 Å². The van der Waals surface area contributed by atoms with Crippen molar-refractivity contribution in [2.24, 2.45) is 0 Å². The molecule has 0 saturated carbocycles. The second-order valence-corrected chi connectivity index (χ2v) is 5.97. The van der Waals surface area contributed by atoms with Crippen LogP contribution in [-0.2, 0) is 10.5 Å². The Labute approximate surface area is 115 Å². The number of benzene rings is 1. The van der Waals surface area contributed by atoms with Crippen LogP contribution in [0.2, 0.25) is 0 Å². The van der Waals surface area contributed by atoms with E-state index in [-0.39, 0.29) is 17.2 Å². The second kappa shape index (κ2) is 8.20. The van der Waals surface area contributed by atoms with Gasteiger partial charge >= 0.3 is 0 Å². The number of hydrogen-bond acceptors (Lipinski definition) is 2. The molecule has 1 N–H and O–H groups in total. The Bertz CT molecular complexity index is 353. The number of nitrogens with one attached hydrogen (secondary N) is 1. The van der Waals surface area contributed by atoms with Crippen LogP contribution in [0.1, 0.15) is 39.2 Å². The van der Waals surface area contributed by atoms with Crippen molar-refractivity contribution in [3.8, 4) is 0 Å². The molecule has 0 aliphatic heterocycles. The Kier molecular flexibility index (Phi) is 6.88. The van der Waals surface area contributed by atoms with Crippen LogP contribution >= 0.6 is 11.8 Å². The van der Waals surface area contributed by atoms with Crippen LogP contribution in [0.25, 0.3) is 0 Å². The van der Waals surface area contributed by atoms with Gasteiger partial charge < -0.3 is 5.32 Å². The highest BCUT2D eigenvalue weighted by Crippen LogP contribution is 2.17. The summed E-state index contributed by atoms with van der Waals surface area (Å²) in [4.78, 5) is 11.9. The number of amides is 1. The van der Waals surface area contributed by atoms with Crippen LogP contribution in [0.4, 0.5) is 0 Å². The van der Waals surface area contributed by atoms with E-state index in [2.05, 4.69) is 31.3 Å². The molecule has 0 aliphatic carbocycles. The summed E-state index contributed by atoms with van der Waals surface area (Å²) in [6.45, 7) is 6.17. The molecule has 1 rings (SSSR count). The first kappa shape index (κ1) is 15.1. The van der Waals surface area contributed by atoms with E-state index in [0.29, 0.717) is 0 Å². The van der Waals surface area contributed by atoms with E-state index in [1.807, 2.05) is 25.1 Å². The summed E-state index contributed by atoms with van der Waals surface area (Å²) in [5, 5.41) is 3.06. The third-order valence-corrected chi connectivity index (χ3v) is 4.04. The minimum atomic E-state index is 0.00418. The molecule has 3 heteroatoms. The van der Waals surface area contributed by atoms with Gasteiger partial charge in [0.1, 0.15) is 0 Å². The maximum atomic E-state index is 11.9. The first-order chi connectivity index (χ1) is 8.63. The summed E-state index contributed by atoms with van der Waals surface area (Å²) >= 11 is 1.69. The smallest absolute Gasteiger partial charge is 0.233 e. The third-order valence-electron chi connectivity index (χ3n) is 2.82. The van der Waals surface area contributed by atoms with Gasteiger partial charge in [0.2, 0.25) is 5.91 Å². The molecule has 0 heterocycles. The Morgan fingerprint density at radius 1 is 1.28 bits per heavy atom. The quantitative estimate of drug-likeness (QED) is 0.816. The monoisotopic (exact) mass is 265 g/mol. The molecular weight excluding hydrogens is 242 g/mol. The molecule has 0 unspecified atom stereocenters. The molecule has 0 aromatic heterocycles. The van der Waals surface area contributed by atoms with Gasteiger partial charge in [-0.2, -0.15) is 0 Å². The zero-order valence-electron chi connectivity index (χ0n) is 11.5. The number of hydrogen-bond donors (Lipinski definition) is 1. The first-order valence-electron chi connectivity index (χ1n) is 6.59. The molecule has 0 saturated heterocycles. The predicted octanol–water partition coefficient (Wildman–Crippen LogP) is 3.61. The van der Waals surface area contributed by atoms with Crippen molar-refractivity contribution < 1.29 is 4.79 Å². The fraction of sp³-hybridized carbons (Fsp3) is 0.533. The first-order valence-corrected chi connectivity index (χ1v) is 7.64. The van der Waals surface area contributed by atoms with Crippen LogP contribution in [-0.4, -0.2) is 17.2 Å². The Morgan fingerprint density at radius 3 is 2.56 bits per heavy atom. The van der Waals surface area contributed by atoms with E-state index in [0.717, 1.165) is 18.6 Å². The van der Waals surface area contributed by atoms with E-state index in [9.17, 15) is 4.79 Å². The van der Waals surface area contributed by atoms with Gasteiger partial charge in [-0.15, -0.1) is 11.8 Å². The van der Waals surface area contributed by atoms with Gasteiger partial charge in [0, 0.05) is 11.8 Å². The zero-order chi connectivity index (χ0) is 13.4. The molecule has 1 aromatic rings. The summed E-state index contributed by atoms with van der Waals surface area (Å²) in [5.74, 6) is 1.04. The number of thioether (sulfide) groups is 1. The molecule has 1 amide bonds. The predicted molar refractivity (Wildman–Crippen MR) is 79.7 cm³/mol. The van der Waals surface area contributed by atoms with Gasteiger partial charge in [-0.3, -0.25) is 4.79 Å². The highest BCUT2D eigenvalue weighted by molar-refractivity contribution is 7.99. The summed E-state index contributed by atoms with van der Waals surface area (Å²) in [5.41, 5.74) is 1.27. The van der Waals surface area contributed by atoms with Gasteiger partial charge in [0.15, 0.2) is 0 Å². The fourth-order valence-electron chi connectivity index (χ4n) is 1.74. The highest BCUT2D eigenvalue weighted by atomic mass is 32.2. The topological polar surface area (TPSA) is 29.1 Å². The average Bonchev–Trinajstić information content (AvgIpc) is 2.37. The molecule has 0 spiro atoms. The van der Waals surface area contributed by atoms with Crippen LogP contribution in [0.3, 0.4) is 0 Å². The van der Waals surface area contributed by atoms with Gasteiger partial charge in [-0.1, -0.05) is 43.7 Å². The summed E-state index contributed by atoms with van der Waals surface area (Å²) in [6.07, 6.45) is 2.15. The van der Waals surface area contributed by atoms with Crippen molar-refractivity contribution in [3.63, 3.8) is 0 Å². The van der Waals surface area contributed by atoms with Crippen molar-refractivity contribution in [1.82, 2.24) is 5.32 Å². The van der Waals surface area contributed by atoms with E-state index in [1.165, 1.54) is 5.56 Å². The van der Waals surface area contributed by atoms with Crippen molar-refractivity contribution in [2.45, 2.75) is 50.7 Å². The van der Waals surface area contributed by atoms with Crippen molar-refractivity contribution in [1.29, 1.82) is 0 Å². The van der Waals surface area contributed by atoms with Gasteiger partial charge in [-0.25, -0.2) is 0 Å². The molecule has 0 radical (unpaired) electrons. The standard InChI is InChI=1S/C15H23NOS/c1-4-8-12(2)16-15(17)13(3)18-11-14-9-6-5-7-10-14/h5-7,9-10,12-13H,4,8,11H2,1-3H3,(H,16,17)/t12-,13+/m0/s1. The lowest BCUT2D eigenvalue weighted by molar-refractivity contribution is -0.120. The molecular formula is C15H23NOS. The fourth-order valence-corrected chi connectivity index (χ4v) is 2.59. The van der Waals surface area contributed by atoms with Crippen molar-refractivity contribution in [3.05, 3.63) is 35.9 Å². The maximum Gasteiger partial charge on any atom is 0.233 e. The lowest BCUT2D eigenvalue weighted by Gasteiger charge is -2.16. The van der Waals surface area contributed by atoms with Crippen LogP contribution in [0.5, 0.6) is 0 Å². The SMILES string of the molecule is CCC[C@H](C)NC(=O)[C@@H](C)SCc1ccccc1. The lowest BCUT2D eigenvalue weighted by Crippen LogP contribution is -2.37. The Balaban J connectivity index is 2.32. The van der Waals surface area contributed by atoms with Gasteiger partial charge in [-0.05, 0) is 25.8 Å². The van der Waals surface area contributed by atoms with Crippen LogP contribution in [0, 0.1) is 0 Å². The number of carbonyl (C=O) groups excluding carboxylic acids is 1. The zero-order valence-corrected chi connectivity index (χ0v) is 12.3. The average molecular weight is 265 g/mol. The third kappa shape index (κ3) is 5.58. The summed E-state index contributed by atoms with van der Waals surface area (Å²) in [7, 11) is 0. The van der Waals surface area contributed by atoms with Crippen molar-refractivity contribution in [2.75, 3.05) is 0 Å². The Hall–Kier alpha value is -0.960. The molecule has 0 fully saturated rings.